The van der Waals surface area contributed by atoms with E-state index >= 15 is 0 Å². The van der Waals surface area contributed by atoms with Crippen molar-refractivity contribution < 1.29 is 19.4 Å². The normalized spacial score (nSPS) is 13.3. The highest BCUT2D eigenvalue weighted by molar-refractivity contribution is 5.81. The lowest BCUT2D eigenvalue weighted by atomic mass is 9.99. The standard InChI is InChI=1S/C30H35N3O4/c1-2-3-4-5-6-17-37-27-14-12-23(13-15-27)25-18-31-29(32-19-25)24-10-7-22(8-11-24)9-16-28(34)33-20-26(21-33)30(35)36/h7-8,10-15,18-19,26H,2-6,9,16-17,20-21H2,1H3,(H,35,36). The largest absolute Gasteiger partial charge is 0.494 e. The van der Waals surface area contributed by atoms with Crippen molar-refractivity contribution in [2.75, 3.05) is 19.7 Å². The molecule has 194 valence electrons. The Hall–Kier alpha value is -3.74. The maximum absolute atomic E-state index is 12.2. The molecule has 2 aromatic carbocycles. The van der Waals surface area contributed by atoms with Crippen LogP contribution in [-0.2, 0) is 16.0 Å². The van der Waals surface area contributed by atoms with Crippen LogP contribution in [0.2, 0.25) is 0 Å². The van der Waals surface area contributed by atoms with Gasteiger partial charge in [0.25, 0.3) is 0 Å². The SMILES string of the molecule is CCCCCCCOc1ccc(-c2cnc(-c3ccc(CCC(=O)N4CC(C(=O)O)C4)cc3)nc2)cc1. The molecule has 0 bridgehead atoms. The predicted molar refractivity (Wildman–Crippen MR) is 143 cm³/mol. The van der Waals surface area contributed by atoms with Gasteiger partial charge in [0.15, 0.2) is 5.82 Å². The van der Waals surface area contributed by atoms with Gasteiger partial charge in [-0.25, -0.2) is 9.97 Å². The third-order valence-corrected chi connectivity index (χ3v) is 6.78. The van der Waals surface area contributed by atoms with E-state index in [9.17, 15) is 9.59 Å². The Kier molecular flexibility index (Phi) is 9.24. The van der Waals surface area contributed by atoms with E-state index in [0.29, 0.717) is 31.8 Å². The summed E-state index contributed by atoms with van der Waals surface area (Å²) in [6.07, 6.45) is 10.8. The summed E-state index contributed by atoms with van der Waals surface area (Å²) in [5.74, 6) is 0.282. The highest BCUT2D eigenvalue weighted by Crippen LogP contribution is 2.24. The Morgan fingerprint density at radius 2 is 1.54 bits per heavy atom. The van der Waals surface area contributed by atoms with Crippen molar-refractivity contribution in [3.05, 3.63) is 66.5 Å². The van der Waals surface area contributed by atoms with Gasteiger partial charge in [-0.05, 0) is 36.1 Å². The highest BCUT2D eigenvalue weighted by Gasteiger charge is 2.35. The second kappa shape index (κ2) is 13.0. The lowest BCUT2D eigenvalue weighted by Crippen LogP contribution is -2.53. The van der Waals surface area contributed by atoms with Crippen molar-refractivity contribution in [1.29, 1.82) is 0 Å². The molecular weight excluding hydrogens is 466 g/mol. The molecule has 0 unspecified atom stereocenters. The van der Waals surface area contributed by atoms with E-state index < -0.39 is 11.9 Å². The Balaban J connectivity index is 1.24. The topological polar surface area (TPSA) is 92.6 Å². The smallest absolute Gasteiger partial charge is 0.310 e. The van der Waals surface area contributed by atoms with Crippen LogP contribution in [0.1, 0.15) is 51.0 Å². The average Bonchev–Trinajstić information content (AvgIpc) is 2.89. The summed E-state index contributed by atoms with van der Waals surface area (Å²) in [6, 6.07) is 15.9. The third-order valence-electron chi connectivity index (χ3n) is 6.78. The van der Waals surface area contributed by atoms with Gasteiger partial charge in [-0.1, -0.05) is 69.0 Å². The van der Waals surface area contributed by atoms with Crippen LogP contribution in [0.4, 0.5) is 0 Å². The molecule has 3 aromatic rings. The van der Waals surface area contributed by atoms with Gasteiger partial charge >= 0.3 is 5.97 Å². The number of benzene rings is 2. The summed E-state index contributed by atoms with van der Waals surface area (Å²) in [4.78, 5) is 33.8. The van der Waals surface area contributed by atoms with Gasteiger partial charge in [0.2, 0.25) is 5.91 Å². The number of carboxylic acid groups (broad SMARTS) is 1. The van der Waals surface area contributed by atoms with Crippen LogP contribution >= 0.6 is 0 Å². The molecule has 1 saturated heterocycles. The minimum Gasteiger partial charge on any atom is -0.494 e. The Labute approximate surface area is 218 Å². The van der Waals surface area contributed by atoms with Crippen LogP contribution in [0.15, 0.2) is 60.9 Å². The first-order valence-electron chi connectivity index (χ1n) is 13.2. The van der Waals surface area contributed by atoms with Crippen molar-refractivity contribution in [2.45, 2.75) is 51.9 Å². The molecule has 1 fully saturated rings. The van der Waals surface area contributed by atoms with Crippen LogP contribution in [-0.4, -0.2) is 51.5 Å². The molecule has 4 rings (SSSR count). The predicted octanol–water partition coefficient (Wildman–Crippen LogP) is 5.64. The molecule has 7 nitrogen and oxygen atoms in total. The number of likely N-dealkylation sites (tertiary alicyclic amines) is 1. The molecular formula is C30H35N3O4. The van der Waals surface area contributed by atoms with Gasteiger partial charge in [0, 0.05) is 43.0 Å². The molecule has 1 aliphatic rings. The quantitative estimate of drug-likeness (QED) is 0.305. The zero-order valence-electron chi connectivity index (χ0n) is 21.4. The van der Waals surface area contributed by atoms with E-state index in [1.54, 1.807) is 4.90 Å². The van der Waals surface area contributed by atoms with Gasteiger partial charge in [-0.15, -0.1) is 0 Å². The molecule has 37 heavy (non-hydrogen) atoms. The first kappa shape index (κ1) is 26.3. The number of nitrogens with zero attached hydrogens (tertiary/aromatic N) is 3. The van der Waals surface area contributed by atoms with Crippen LogP contribution in [0, 0.1) is 5.92 Å². The Morgan fingerprint density at radius 1 is 0.892 bits per heavy atom. The Morgan fingerprint density at radius 3 is 2.19 bits per heavy atom. The van der Waals surface area contributed by atoms with Crippen LogP contribution in [0.5, 0.6) is 5.75 Å². The Bertz CT molecular complexity index is 1150. The molecule has 0 radical (unpaired) electrons. The number of ether oxygens (including phenoxy) is 1. The second-order valence-electron chi connectivity index (χ2n) is 9.61. The van der Waals surface area contributed by atoms with Crippen molar-refractivity contribution in [3.63, 3.8) is 0 Å². The zero-order valence-corrected chi connectivity index (χ0v) is 21.4. The number of unbranched alkanes of at least 4 members (excludes halogenated alkanes) is 4. The molecule has 0 spiro atoms. The van der Waals surface area contributed by atoms with Gasteiger partial charge in [-0.2, -0.15) is 0 Å². The molecule has 2 heterocycles. The summed E-state index contributed by atoms with van der Waals surface area (Å²) in [5, 5.41) is 8.94. The number of aliphatic carboxylic acids is 1. The fraction of sp³-hybridized carbons (Fsp3) is 0.400. The van der Waals surface area contributed by atoms with Gasteiger partial charge < -0.3 is 14.7 Å². The minimum absolute atomic E-state index is 0.00232. The fourth-order valence-electron chi connectivity index (χ4n) is 4.33. The minimum atomic E-state index is -0.832. The molecule has 1 amide bonds. The zero-order chi connectivity index (χ0) is 26.0. The third kappa shape index (κ3) is 7.38. The molecule has 7 heteroatoms. The number of carbonyl (C=O) groups is 2. The summed E-state index contributed by atoms with van der Waals surface area (Å²) >= 11 is 0. The number of carboxylic acids is 1. The number of rotatable bonds is 13. The lowest BCUT2D eigenvalue weighted by Gasteiger charge is -2.36. The van der Waals surface area contributed by atoms with E-state index in [1.165, 1.54) is 25.7 Å². The van der Waals surface area contributed by atoms with Crippen LogP contribution < -0.4 is 4.74 Å². The van der Waals surface area contributed by atoms with E-state index in [-0.39, 0.29) is 5.91 Å². The summed E-state index contributed by atoms with van der Waals surface area (Å²) in [5.41, 5.74) is 3.95. The van der Waals surface area contributed by atoms with Crippen molar-refractivity contribution >= 4 is 11.9 Å². The second-order valence-corrected chi connectivity index (χ2v) is 9.61. The first-order chi connectivity index (χ1) is 18.0. The van der Waals surface area contributed by atoms with E-state index in [4.69, 9.17) is 9.84 Å². The highest BCUT2D eigenvalue weighted by atomic mass is 16.5. The number of amides is 1. The van der Waals surface area contributed by atoms with Crippen LogP contribution in [0.3, 0.4) is 0 Å². The van der Waals surface area contributed by atoms with Gasteiger partial charge in [-0.3, -0.25) is 9.59 Å². The number of hydrogen-bond acceptors (Lipinski definition) is 5. The van der Waals surface area contributed by atoms with E-state index in [0.717, 1.165) is 41.0 Å². The summed E-state index contributed by atoms with van der Waals surface area (Å²) < 4.78 is 5.85. The van der Waals surface area contributed by atoms with E-state index in [2.05, 4.69) is 16.9 Å². The van der Waals surface area contributed by atoms with Gasteiger partial charge in [0.05, 0.1) is 12.5 Å². The lowest BCUT2D eigenvalue weighted by molar-refractivity contribution is -0.152. The van der Waals surface area contributed by atoms with E-state index in [1.807, 2.05) is 60.9 Å². The first-order valence-corrected chi connectivity index (χ1v) is 13.2. The summed E-state index contributed by atoms with van der Waals surface area (Å²) in [6.45, 7) is 3.61. The molecule has 0 aliphatic carbocycles. The molecule has 1 aromatic heterocycles. The molecule has 1 N–H and O–H groups in total. The van der Waals surface area contributed by atoms with Crippen LogP contribution in [0.25, 0.3) is 22.5 Å². The van der Waals surface area contributed by atoms with Gasteiger partial charge in [0.1, 0.15) is 5.75 Å². The van der Waals surface area contributed by atoms with Crippen molar-refractivity contribution in [1.82, 2.24) is 14.9 Å². The maximum Gasteiger partial charge on any atom is 0.310 e. The number of hydrogen-bond donors (Lipinski definition) is 1. The summed E-state index contributed by atoms with van der Waals surface area (Å²) in [7, 11) is 0. The fourth-order valence-corrected chi connectivity index (χ4v) is 4.33. The average molecular weight is 502 g/mol. The molecule has 0 atom stereocenters. The van der Waals surface area contributed by atoms with Crippen molar-refractivity contribution in [3.8, 4) is 28.3 Å². The maximum atomic E-state index is 12.2. The number of aromatic nitrogens is 2. The number of aryl methyl sites for hydroxylation is 1. The van der Waals surface area contributed by atoms with Crippen molar-refractivity contribution in [2.24, 2.45) is 5.92 Å². The molecule has 0 saturated carbocycles. The molecule has 1 aliphatic heterocycles. The monoisotopic (exact) mass is 501 g/mol. The number of carbonyl (C=O) groups excluding carboxylic acids is 1.